The summed E-state index contributed by atoms with van der Waals surface area (Å²) in [6, 6.07) is 4.86. The second-order valence-electron chi connectivity index (χ2n) is 6.14. The molecule has 1 aliphatic rings. The number of nitrogens with two attached hydrogens (primary N) is 1. The summed E-state index contributed by atoms with van der Waals surface area (Å²) in [5.41, 5.74) is 7.44. The number of fused-ring (bicyclic) bond motifs is 1. The van der Waals surface area contributed by atoms with Gasteiger partial charge in [0.1, 0.15) is 18.2 Å². The molecule has 0 saturated carbocycles. The molecule has 138 valence electrons. The monoisotopic (exact) mass is 359 g/mol. The van der Waals surface area contributed by atoms with Crippen LogP contribution in [0, 0.1) is 0 Å². The third kappa shape index (κ3) is 3.52. The molecule has 1 saturated heterocycles. The Morgan fingerprint density at radius 1 is 1.38 bits per heavy atom. The van der Waals surface area contributed by atoms with E-state index in [0.29, 0.717) is 37.5 Å². The molecule has 1 unspecified atom stereocenters. The van der Waals surface area contributed by atoms with Gasteiger partial charge in [-0.15, -0.1) is 0 Å². The van der Waals surface area contributed by atoms with Gasteiger partial charge in [0.25, 0.3) is 0 Å². The molecule has 9 nitrogen and oxygen atoms in total. The second kappa shape index (κ2) is 7.52. The molecule has 2 heterocycles. The lowest BCUT2D eigenvalue weighted by Crippen LogP contribution is -2.58. The molecule has 1 atom stereocenters. The van der Waals surface area contributed by atoms with Crippen LogP contribution >= 0.6 is 0 Å². The van der Waals surface area contributed by atoms with Crippen LogP contribution in [0.15, 0.2) is 24.5 Å². The zero-order valence-electron chi connectivity index (χ0n) is 14.5. The van der Waals surface area contributed by atoms with E-state index in [1.54, 1.807) is 4.90 Å². The van der Waals surface area contributed by atoms with E-state index in [9.17, 15) is 14.7 Å². The van der Waals surface area contributed by atoms with Crippen molar-refractivity contribution in [3.8, 4) is 0 Å². The van der Waals surface area contributed by atoms with Gasteiger partial charge in [-0.25, -0.2) is 14.8 Å². The van der Waals surface area contributed by atoms with Gasteiger partial charge in [0, 0.05) is 45.2 Å². The largest absolute Gasteiger partial charge is 0.465 e. The van der Waals surface area contributed by atoms with Gasteiger partial charge in [0.05, 0.1) is 5.52 Å². The van der Waals surface area contributed by atoms with Crippen molar-refractivity contribution in [3.05, 3.63) is 30.1 Å². The molecule has 9 heteroatoms. The number of anilines is 1. The number of amides is 2. The molecule has 1 fully saturated rings. The molecule has 1 aromatic heterocycles. The number of nitrogens with zero attached hydrogens (tertiary/aromatic N) is 4. The number of carboxylic acid groups (broad SMARTS) is 1. The van der Waals surface area contributed by atoms with Gasteiger partial charge in [-0.1, -0.05) is 6.07 Å². The Hall–Kier alpha value is -2.94. The van der Waals surface area contributed by atoms with Crippen LogP contribution in [-0.2, 0) is 16.1 Å². The minimum atomic E-state index is -1.09. The average molecular weight is 359 g/mol. The summed E-state index contributed by atoms with van der Waals surface area (Å²) in [7, 11) is 1.53. The number of hydrogen-bond donors (Lipinski definition) is 2. The summed E-state index contributed by atoms with van der Waals surface area (Å²) in [6.07, 6.45) is 0.649. The van der Waals surface area contributed by atoms with Crippen LogP contribution in [0.5, 0.6) is 0 Å². The Labute approximate surface area is 150 Å². The van der Waals surface area contributed by atoms with Gasteiger partial charge in [0.2, 0.25) is 5.91 Å². The van der Waals surface area contributed by atoms with E-state index in [2.05, 4.69) is 9.97 Å². The molecule has 0 aliphatic carbocycles. The van der Waals surface area contributed by atoms with Crippen molar-refractivity contribution in [3.63, 3.8) is 0 Å². The predicted molar refractivity (Wildman–Crippen MR) is 94.4 cm³/mol. The highest BCUT2D eigenvalue weighted by Crippen LogP contribution is 2.21. The fraction of sp³-hybridized carbons (Fsp3) is 0.412. The standard InChI is InChI=1S/C17H21N5O4/c1-26-7-4-14-16(23)21(5-6-22(14)17(24)25)9-11-2-3-12-13(8-11)19-10-20-15(12)18/h2-3,8,10,14H,4-7,9H2,1H3,(H,24,25)(H2,18,19,20). The second-order valence-corrected chi connectivity index (χ2v) is 6.14. The number of ether oxygens (including phenoxy) is 1. The van der Waals surface area contributed by atoms with E-state index in [0.717, 1.165) is 10.9 Å². The highest BCUT2D eigenvalue weighted by atomic mass is 16.5. The van der Waals surface area contributed by atoms with Gasteiger partial charge < -0.3 is 20.5 Å². The number of methoxy groups -OCH3 is 1. The Kier molecular flexibility index (Phi) is 5.17. The number of carbonyl (C=O) groups is 2. The van der Waals surface area contributed by atoms with E-state index in [1.165, 1.54) is 18.3 Å². The third-order valence-electron chi connectivity index (χ3n) is 4.53. The van der Waals surface area contributed by atoms with Gasteiger partial charge in [-0.2, -0.15) is 0 Å². The summed E-state index contributed by atoms with van der Waals surface area (Å²) in [5, 5.41) is 10.1. The molecule has 3 N–H and O–H groups in total. The number of benzene rings is 1. The van der Waals surface area contributed by atoms with E-state index in [1.807, 2.05) is 18.2 Å². The molecule has 26 heavy (non-hydrogen) atoms. The summed E-state index contributed by atoms with van der Waals surface area (Å²) in [6.45, 7) is 1.33. The summed E-state index contributed by atoms with van der Waals surface area (Å²) < 4.78 is 5.02. The van der Waals surface area contributed by atoms with E-state index in [4.69, 9.17) is 10.5 Å². The Morgan fingerprint density at radius 2 is 2.19 bits per heavy atom. The molecular weight excluding hydrogens is 338 g/mol. The number of piperazine rings is 1. The molecule has 2 amide bonds. The van der Waals surface area contributed by atoms with Crippen molar-refractivity contribution in [1.29, 1.82) is 0 Å². The lowest BCUT2D eigenvalue weighted by Gasteiger charge is -2.39. The van der Waals surface area contributed by atoms with Crippen LogP contribution in [0.25, 0.3) is 10.9 Å². The molecule has 0 radical (unpaired) electrons. The number of aromatic nitrogens is 2. The highest BCUT2D eigenvalue weighted by Gasteiger charge is 2.37. The molecule has 0 spiro atoms. The molecule has 2 aromatic rings. The van der Waals surface area contributed by atoms with Gasteiger partial charge in [0.15, 0.2) is 0 Å². The number of carbonyl (C=O) groups excluding carboxylic acids is 1. The first-order valence-electron chi connectivity index (χ1n) is 8.27. The molecule has 0 bridgehead atoms. The van der Waals surface area contributed by atoms with E-state index >= 15 is 0 Å². The Bertz CT molecular complexity index is 828. The van der Waals surface area contributed by atoms with Gasteiger partial charge in [-0.05, 0) is 17.7 Å². The summed E-state index contributed by atoms with van der Waals surface area (Å²) in [5.74, 6) is 0.199. The van der Waals surface area contributed by atoms with Crippen LogP contribution < -0.4 is 5.73 Å². The van der Waals surface area contributed by atoms with Crippen molar-refractivity contribution < 1.29 is 19.4 Å². The minimum absolute atomic E-state index is 0.210. The lowest BCUT2D eigenvalue weighted by atomic mass is 10.1. The zero-order valence-corrected chi connectivity index (χ0v) is 14.5. The highest BCUT2D eigenvalue weighted by molar-refractivity contribution is 5.89. The molecular formula is C17H21N5O4. The van der Waals surface area contributed by atoms with Crippen LogP contribution in [0.2, 0.25) is 0 Å². The quantitative estimate of drug-likeness (QED) is 0.814. The SMILES string of the molecule is COCCC1C(=O)N(Cc2ccc3c(N)ncnc3c2)CCN1C(=O)O. The van der Waals surface area contributed by atoms with Gasteiger partial charge >= 0.3 is 6.09 Å². The fourth-order valence-corrected chi connectivity index (χ4v) is 3.18. The smallest absolute Gasteiger partial charge is 0.408 e. The average Bonchev–Trinajstić information content (AvgIpc) is 2.62. The maximum absolute atomic E-state index is 12.8. The Balaban J connectivity index is 1.79. The fourth-order valence-electron chi connectivity index (χ4n) is 3.18. The van der Waals surface area contributed by atoms with Gasteiger partial charge in [-0.3, -0.25) is 9.69 Å². The predicted octanol–water partition coefficient (Wildman–Crippen LogP) is 0.939. The van der Waals surface area contributed by atoms with Crippen molar-refractivity contribution in [2.24, 2.45) is 0 Å². The van der Waals surface area contributed by atoms with Crippen LogP contribution in [0.3, 0.4) is 0 Å². The van der Waals surface area contributed by atoms with Crippen molar-refractivity contribution >= 4 is 28.7 Å². The maximum atomic E-state index is 12.8. The first kappa shape index (κ1) is 17.9. The lowest BCUT2D eigenvalue weighted by molar-refractivity contribution is -0.142. The normalized spacial score (nSPS) is 17.7. The Morgan fingerprint density at radius 3 is 2.92 bits per heavy atom. The first-order valence-corrected chi connectivity index (χ1v) is 8.27. The third-order valence-corrected chi connectivity index (χ3v) is 4.53. The van der Waals surface area contributed by atoms with Crippen molar-refractivity contribution in [1.82, 2.24) is 19.8 Å². The topological polar surface area (TPSA) is 122 Å². The van der Waals surface area contributed by atoms with E-state index in [-0.39, 0.29) is 12.5 Å². The molecule has 1 aliphatic heterocycles. The molecule has 3 rings (SSSR count). The van der Waals surface area contributed by atoms with E-state index < -0.39 is 12.1 Å². The zero-order chi connectivity index (χ0) is 18.7. The minimum Gasteiger partial charge on any atom is -0.465 e. The van der Waals surface area contributed by atoms with Crippen LogP contribution in [-0.4, -0.2) is 69.7 Å². The van der Waals surface area contributed by atoms with Crippen LogP contribution in [0.4, 0.5) is 10.6 Å². The first-order chi connectivity index (χ1) is 12.5. The maximum Gasteiger partial charge on any atom is 0.408 e. The van der Waals surface area contributed by atoms with Crippen molar-refractivity contribution in [2.45, 2.75) is 19.0 Å². The number of nitrogen functional groups attached to an aromatic ring is 1. The summed E-state index contributed by atoms with van der Waals surface area (Å²) in [4.78, 5) is 35.2. The molecule has 1 aromatic carbocycles. The number of rotatable bonds is 5. The number of hydrogen-bond acceptors (Lipinski definition) is 6. The van der Waals surface area contributed by atoms with Crippen LogP contribution in [0.1, 0.15) is 12.0 Å². The summed E-state index contributed by atoms with van der Waals surface area (Å²) >= 11 is 0. The van der Waals surface area contributed by atoms with Crippen molar-refractivity contribution in [2.75, 3.05) is 32.5 Å².